The van der Waals surface area contributed by atoms with Crippen molar-refractivity contribution < 1.29 is 14.7 Å². The van der Waals surface area contributed by atoms with E-state index in [0.717, 1.165) is 48.9 Å². The van der Waals surface area contributed by atoms with Gasteiger partial charge in [0, 0.05) is 36.8 Å². The van der Waals surface area contributed by atoms with Gasteiger partial charge in [-0.2, -0.15) is 0 Å². The average molecular weight is 492 g/mol. The molecule has 1 heterocycles. The summed E-state index contributed by atoms with van der Waals surface area (Å²) in [7, 11) is 0. The van der Waals surface area contributed by atoms with Crippen molar-refractivity contribution in [2.45, 2.75) is 89.3 Å². The quantitative estimate of drug-likeness (QED) is 0.435. The fourth-order valence-corrected chi connectivity index (χ4v) is 5.45. The molecule has 3 N–H and O–H groups in total. The zero-order valence-corrected chi connectivity index (χ0v) is 21.5. The molecule has 1 aliphatic heterocycles. The van der Waals surface area contributed by atoms with E-state index in [9.17, 15) is 14.7 Å². The molecule has 2 amide bonds. The predicted molar refractivity (Wildman–Crippen MR) is 144 cm³/mol. The molecule has 2 aliphatic rings. The number of aryl methyl sites for hydroxylation is 1. The van der Waals surface area contributed by atoms with E-state index in [1.165, 1.54) is 19.3 Å². The van der Waals surface area contributed by atoms with Crippen molar-refractivity contribution in [3.05, 3.63) is 65.2 Å². The molecule has 2 atom stereocenters. The van der Waals surface area contributed by atoms with Crippen LogP contribution in [-0.4, -0.2) is 48.2 Å². The van der Waals surface area contributed by atoms with Gasteiger partial charge >= 0.3 is 0 Å². The van der Waals surface area contributed by atoms with E-state index >= 15 is 0 Å². The van der Waals surface area contributed by atoms with Crippen LogP contribution >= 0.6 is 0 Å². The Hall–Kier alpha value is -2.70. The third-order valence-electron chi connectivity index (χ3n) is 7.46. The lowest BCUT2D eigenvalue weighted by Crippen LogP contribution is -2.50. The van der Waals surface area contributed by atoms with Crippen LogP contribution in [0.4, 0.5) is 5.69 Å². The Bertz CT molecular complexity index is 1000. The first kappa shape index (κ1) is 26.4. The summed E-state index contributed by atoms with van der Waals surface area (Å²) in [4.78, 5) is 27.7. The van der Waals surface area contributed by atoms with E-state index < -0.39 is 12.1 Å². The van der Waals surface area contributed by atoms with Crippen LogP contribution in [0.2, 0.25) is 0 Å². The minimum atomic E-state index is -0.713. The monoisotopic (exact) mass is 491 g/mol. The molecular weight excluding hydrogens is 450 g/mol. The largest absolute Gasteiger partial charge is 0.390 e. The highest BCUT2D eigenvalue weighted by atomic mass is 16.3. The number of rotatable bonds is 11. The van der Waals surface area contributed by atoms with Crippen LogP contribution < -0.4 is 15.5 Å². The molecule has 0 radical (unpaired) electrons. The number of nitrogens with zero attached hydrogens (tertiary/aromatic N) is 1. The van der Waals surface area contributed by atoms with E-state index in [4.69, 9.17) is 0 Å². The van der Waals surface area contributed by atoms with Crippen molar-refractivity contribution in [2.75, 3.05) is 18.0 Å². The second kappa shape index (κ2) is 13.0. The van der Waals surface area contributed by atoms with Gasteiger partial charge < -0.3 is 20.6 Å². The molecule has 2 fully saturated rings. The maximum atomic E-state index is 13.5. The maximum absolute atomic E-state index is 13.5. The third kappa shape index (κ3) is 7.17. The first-order chi connectivity index (χ1) is 17.5. The van der Waals surface area contributed by atoms with Crippen molar-refractivity contribution >= 4 is 17.5 Å². The number of carbonyl (C=O) groups is 2. The van der Waals surface area contributed by atoms with Gasteiger partial charge in [-0.25, -0.2) is 0 Å². The van der Waals surface area contributed by atoms with Gasteiger partial charge in [-0.1, -0.05) is 62.9 Å². The summed E-state index contributed by atoms with van der Waals surface area (Å²) >= 11 is 0. The zero-order chi connectivity index (χ0) is 25.3. The van der Waals surface area contributed by atoms with Gasteiger partial charge in [0.05, 0.1) is 12.1 Å². The molecule has 0 bridgehead atoms. The number of amides is 2. The fourth-order valence-electron chi connectivity index (χ4n) is 5.45. The van der Waals surface area contributed by atoms with E-state index in [2.05, 4.69) is 17.6 Å². The SMILES string of the molecule is CCCc1cc(C(=O)N[C@@H](Cc2ccccc2)[C@H](O)CNC2CCCCC2)cc(N2CCCC2=O)c1. The Labute approximate surface area is 215 Å². The minimum Gasteiger partial charge on any atom is -0.390 e. The van der Waals surface area contributed by atoms with Crippen molar-refractivity contribution in [1.82, 2.24) is 10.6 Å². The number of carbonyl (C=O) groups excluding carboxylic acids is 2. The highest BCUT2D eigenvalue weighted by molar-refractivity contribution is 5.99. The smallest absolute Gasteiger partial charge is 0.251 e. The maximum Gasteiger partial charge on any atom is 0.251 e. The first-order valence-electron chi connectivity index (χ1n) is 13.7. The highest BCUT2D eigenvalue weighted by Gasteiger charge is 2.26. The van der Waals surface area contributed by atoms with Crippen LogP contribution in [0, 0.1) is 0 Å². The summed E-state index contributed by atoms with van der Waals surface area (Å²) in [5, 5.41) is 17.8. The third-order valence-corrected chi connectivity index (χ3v) is 7.46. The Morgan fingerprint density at radius 2 is 1.83 bits per heavy atom. The van der Waals surface area contributed by atoms with Crippen molar-refractivity contribution in [3.8, 4) is 0 Å². The lowest BCUT2D eigenvalue weighted by molar-refractivity contribution is -0.117. The standard InChI is InChI=1S/C30H41N3O3/c1-2-10-23-17-24(20-26(18-23)33-16-9-15-29(33)35)30(36)32-27(19-22-11-5-3-6-12-22)28(34)21-31-25-13-7-4-8-14-25/h3,5-6,11-12,17-18,20,25,27-28,31,34H,2,4,7-10,13-16,19,21H2,1H3,(H,32,36)/t27-,28+/m0/s1. The van der Waals surface area contributed by atoms with Crippen LogP contribution in [-0.2, 0) is 17.6 Å². The molecule has 1 saturated carbocycles. The van der Waals surface area contributed by atoms with Gasteiger partial charge in [0.2, 0.25) is 5.91 Å². The lowest BCUT2D eigenvalue weighted by Gasteiger charge is -2.28. The normalized spacial score (nSPS) is 18.3. The number of hydrogen-bond donors (Lipinski definition) is 3. The van der Waals surface area contributed by atoms with Crippen LogP contribution in [0.3, 0.4) is 0 Å². The first-order valence-corrected chi connectivity index (χ1v) is 13.7. The summed E-state index contributed by atoms with van der Waals surface area (Å²) in [5.74, 6) is -0.0975. The fraction of sp³-hybridized carbons (Fsp3) is 0.533. The molecule has 194 valence electrons. The van der Waals surface area contributed by atoms with Gasteiger partial charge in [0.25, 0.3) is 5.91 Å². The number of benzene rings is 2. The molecular formula is C30H41N3O3. The minimum absolute atomic E-state index is 0.112. The number of aliphatic hydroxyl groups excluding tert-OH is 1. The molecule has 0 aromatic heterocycles. The van der Waals surface area contributed by atoms with Crippen LogP contribution in [0.25, 0.3) is 0 Å². The second-order valence-electron chi connectivity index (χ2n) is 10.4. The Morgan fingerprint density at radius 1 is 1.06 bits per heavy atom. The Balaban J connectivity index is 1.51. The van der Waals surface area contributed by atoms with E-state index in [0.29, 0.717) is 37.5 Å². The molecule has 2 aromatic carbocycles. The highest BCUT2D eigenvalue weighted by Crippen LogP contribution is 2.25. The molecule has 6 nitrogen and oxygen atoms in total. The zero-order valence-electron chi connectivity index (χ0n) is 21.5. The molecule has 36 heavy (non-hydrogen) atoms. The lowest BCUT2D eigenvalue weighted by atomic mass is 9.94. The summed E-state index contributed by atoms with van der Waals surface area (Å²) in [6, 6.07) is 15.8. The van der Waals surface area contributed by atoms with Gasteiger partial charge in [-0.15, -0.1) is 0 Å². The number of nitrogens with one attached hydrogen (secondary N) is 2. The molecule has 4 rings (SSSR count). The molecule has 6 heteroatoms. The van der Waals surface area contributed by atoms with E-state index in [-0.39, 0.29) is 11.8 Å². The van der Waals surface area contributed by atoms with E-state index in [1.54, 1.807) is 4.90 Å². The van der Waals surface area contributed by atoms with Crippen molar-refractivity contribution in [3.63, 3.8) is 0 Å². The van der Waals surface area contributed by atoms with Gasteiger partial charge in [0.1, 0.15) is 0 Å². The average Bonchev–Trinajstić information content (AvgIpc) is 3.34. The molecule has 0 spiro atoms. The van der Waals surface area contributed by atoms with Gasteiger partial charge in [-0.05, 0) is 61.4 Å². The van der Waals surface area contributed by atoms with Gasteiger partial charge in [-0.3, -0.25) is 9.59 Å². The Kier molecular flexibility index (Phi) is 9.54. The van der Waals surface area contributed by atoms with Crippen molar-refractivity contribution in [2.24, 2.45) is 0 Å². The topological polar surface area (TPSA) is 81.7 Å². The predicted octanol–water partition coefficient (Wildman–Crippen LogP) is 4.39. The molecule has 2 aromatic rings. The number of hydrogen-bond acceptors (Lipinski definition) is 4. The Morgan fingerprint density at radius 3 is 2.53 bits per heavy atom. The molecule has 1 aliphatic carbocycles. The number of aliphatic hydroxyl groups is 1. The summed E-state index contributed by atoms with van der Waals surface area (Å²) in [5.41, 5.74) is 3.47. The second-order valence-corrected chi connectivity index (χ2v) is 10.4. The summed E-state index contributed by atoms with van der Waals surface area (Å²) in [6.07, 6.45) is 9.07. The molecule has 1 saturated heterocycles. The van der Waals surface area contributed by atoms with Crippen LogP contribution in [0.5, 0.6) is 0 Å². The van der Waals surface area contributed by atoms with Crippen LogP contribution in [0.15, 0.2) is 48.5 Å². The summed E-state index contributed by atoms with van der Waals surface area (Å²) in [6.45, 7) is 3.25. The van der Waals surface area contributed by atoms with Crippen molar-refractivity contribution in [1.29, 1.82) is 0 Å². The number of anilines is 1. The van der Waals surface area contributed by atoms with Crippen LogP contribution in [0.1, 0.15) is 79.8 Å². The van der Waals surface area contributed by atoms with E-state index in [1.807, 2.05) is 48.5 Å². The summed E-state index contributed by atoms with van der Waals surface area (Å²) < 4.78 is 0. The molecule has 0 unspecified atom stereocenters. The van der Waals surface area contributed by atoms with Gasteiger partial charge in [0.15, 0.2) is 0 Å².